The highest BCUT2D eigenvalue weighted by molar-refractivity contribution is 6.49. The molecule has 104 valence electrons. The van der Waals surface area contributed by atoms with Crippen LogP contribution < -0.4 is 0 Å². The molecule has 1 heterocycles. The van der Waals surface area contributed by atoms with E-state index in [0.717, 1.165) is 0 Å². The van der Waals surface area contributed by atoms with Gasteiger partial charge in [0.1, 0.15) is 5.69 Å². The van der Waals surface area contributed by atoms with Gasteiger partial charge in [-0.3, -0.25) is 9.78 Å². The molecule has 1 aromatic carbocycles. The zero-order valence-corrected chi connectivity index (χ0v) is 12.1. The van der Waals surface area contributed by atoms with Crippen LogP contribution in [0, 0.1) is 5.82 Å². The molecule has 0 bridgehead atoms. The van der Waals surface area contributed by atoms with Gasteiger partial charge in [-0.1, -0.05) is 34.8 Å². The minimum absolute atomic E-state index is 0.0182. The molecule has 2 aromatic rings. The number of aliphatic carboxylic acids is 1. The molecule has 2 rings (SSSR count). The van der Waals surface area contributed by atoms with Gasteiger partial charge in [0, 0.05) is 17.3 Å². The Morgan fingerprint density at radius 1 is 1.20 bits per heavy atom. The summed E-state index contributed by atoms with van der Waals surface area (Å²) in [7, 11) is 0. The molecule has 0 radical (unpaired) electrons. The highest BCUT2D eigenvalue weighted by Crippen LogP contribution is 2.38. The number of carbonyl (C=O) groups is 1. The maximum absolute atomic E-state index is 14.3. The van der Waals surface area contributed by atoms with E-state index in [1.807, 2.05) is 0 Å². The second-order valence-corrected chi connectivity index (χ2v) is 5.09. The third-order valence-corrected chi connectivity index (χ3v) is 3.89. The fraction of sp³-hybridized carbons (Fsp3) is 0.0769. The van der Waals surface area contributed by atoms with Gasteiger partial charge in [-0.05, 0) is 18.2 Å². The molecule has 0 aliphatic rings. The van der Waals surface area contributed by atoms with E-state index in [1.165, 1.54) is 24.4 Å². The van der Waals surface area contributed by atoms with Crippen LogP contribution in [0.3, 0.4) is 0 Å². The van der Waals surface area contributed by atoms with Crippen molar-refractivity contribution in [1.29, 1.82) is 0 Å². The largest absolute Gasteiger partial charge is 0.481 e. The van der Waals surface area contributed by atoms with Crippen LogP contribution >= 0.6 is 34.8 Å². The Balaban J connectivity index is 2.59. The SMILES string of the molecule is O=C(O)Cc1ccnc(-c2ccc(Cl)c(Cl)c2Cl)c1F. The van der Waals surface area contributed by atoms with Crippen LogP contribution in [-0.2, 0) is 11.2 Å². The van der Waals surface area contributed by atoms with Crippen molar-refractivity contribution >= 4 is 40.8 Å². The van der Waals surface area contributed by atoms with E-state index < -0.39 is 18.2 Å². The summed E-state index contributed by atoms with van der Waals surface area (Å²) in [5.74, 6) is -1.88. The number of hydrogen-bond acceptors (Lipinski definition) is 2. The molecule has 0 saturated heterocycles. The van der Waals surface area contributed by atoms with Crippen molar-refractivity contribution in [2.75, 3.05) is 0 Å². The van der Waals surface area contributed by atoms with E-state index in [0.29, 0.717) is 0 Å². The van der Waals surface area contributed by atoms with Crippen molar-refractivity contribution < 1.29 is 14.3 Å². The molecule has 0 fully saturated rings. The standard InChI is InChI=1S/C13H7Cl3FNO2/c14-8-2-1-7(10(15)11(8)16)13-12(17)6(3-4-18-13)5-9(19)20/h1-4H,5H2,(H,19,20). The van der Waals surface area contributed by atoms with Gasteiger partial charge in [0.15, 0.2) is 5.82 Å². The second kappa shape index (κ2) is 5.95. The Bertz CT molecular complexity index is 692. The summed E-state index contributed by atoms with van der Waals surface area (Å²) < 4.78 is 14.3. The number of nitrogens with zero attached hydrogens (tertiary/aromatic N) is 1. The molecule has 0 amide bonds. The van der Waals surface area contributed by atoms with Crippen LogP contribution in [-0.4, -0.2) is 16.1 Å². The first kappa shape index (κ1) is 15.0. The van der Waals surface area contributed by atoms with Crippen LogP contribution in [0.1, 0.15) is 5.56 Å². The molecule has 0 aliphatic carbocycles. The number of rotatable bonds is 3. The Kier molecular flexibility index (Phi) is 4.48. The monoisotopic (exact) mass is 333 g/mol. The summed E-state index contributed by atoms with van der Waals surface area (Å²) in [6.07, 6.45) is 0.871. The van der Waals surface area contributed by atoms with Gasteiger partial charge in [-0.25, -0.2) is 4.39 Å². The number of carboxylic acids is 1. The number of carboxylic acid groups (broad SMARTS) is 1. The van der Waals surface area contributed by atoms with Gasteiger partial charge in [0.25, 0.3) is 0 Å². The summed E-state index contributed by atoms with van der Waals surface area (Å²) in [5.41, 5.74) is 0.211. The minimum Gasteiger partial charge on any atom is -0.481 e. The Labute approximate surface area is 128 Å². The highest BCUT2D eigenvalue weighted by Gasteiger charge is 2.18. The fourth-order valence-electron chi connectivity index (χ4n) is 1.68. The second-order valence-electron chi connectivity index (χ2n) is 3.93. The molecule has 0 spiro atoms. The molecule has 0 unspecified atom stereocenters. The lowest BCUT2D eigenvalue weighted by Crippen LogP contribution is -2.04. The number of aromatic nitrogens is 1. The number of halogens is 4. The highest BCUT2D eigenvalue weighted by atomic mass is 35.5. The molecule has 3 nitrogen and oxygen atoms in total. The van der Waals surface area contributed by atoms with Gasteiger partial charge in [-0.2, -0.15) is 0 Å². The molecule has 0 saturated carbocycles. The lowest BCUT2D eigenvalue weighted by Gasteiger charge is -2.09. The van der Waals surface area contributed by atoms with E-state index >= 15 is 0 Å². The first-order chi connectivity index (χ1) is 9.41. The molecule has 0 atom stereocenters. The molecule has 20 heavy (non-hydrogen) atoms. The van der Waals surface area contributed by atoms with E-state index in [1.54, 1.807) is 0 Å². The molecular formula is C13H7Cl3FNO2. The summed E-state index contributed by atoms with van der Waals surface area (Å²) in [5, 5.41) is 9.14. The molecule has 1 N–H and O–H groups in total. The van der Waals surface area contributed by atoms with Crippen LogP contribution in [0.4, 0.5) is 4.39 Å². The zero-order valence-electron chi connectivity index (χ0n) is 9.83. The summed E-state index contributed by atoms with van der Waals surface area (Å²) in [6, 6.07) is 4.25. The van der Waals surface area contributed by atoms with Crippen LogP contribution in [0.5, 0.6) is 0 Å². The van der Waals surface area contributed by atoms with E-state index in [2.05, 4.69) is 4.98 Å². The van der Waals surface area contributed by atoms with Gasteiger partial charge in [-0.15, -0.1) is 0 Å². The smallest absolute Gasteiger partial charge is 0.307 e. The summed E-state index contributed by atoms with van der Waals surface area (Å²) in [6.45, 7) is 0. The maximum Gasteiger partial charge on any atom is 0.307 e. The van der Waals surface area contributed by atoms with Crippen molar-refractivity contribution in [3.8, 4) is 11.3 Å². The van der Waals surface area contributed by atoms with Crippen LogP contribution in [0.15, 0.2) is 24.4 Å². The Morgan fingerprint density at radius 2 is 1.90 bits per heavy atom. The van der Waals surface area contributed by atoms with E-state index in [4.69, 9.17) is 39.9 Å². The first-order valence-corrected chi connectivity index (χ1v) is 6.54. The van der Waals surface area contributed by atoms with E-state index in [-0.39, 0.29) is 31.9 Å². The molecule has 0 aliphatic heterocycles. The van der Waals surface area contributed by atoms with Crippen molar-refractivity contribution in [2.45, 2.75) is 6.42 Å². The average molecular weight is 335 g/mol. The fourth-order valence-corrected chi connectivity index (χ4v) is 2.30. The Morgan fingerprint density at radius 3 is 2.55 bits per heavy atom. The molecule has 1 aromatic heterocycles. The van der Waals surface area contributed by atoms with Crippen molar-refractivity contribution in [3.05, 3.63) is 50.8 Å². The molecule has 7 heteroatoms. The normalized spacial score (nSPS) is 10.6. The van der Waals surface area contributed by atoms with Gasteiger partial charge >= 0.3 is 5.97 Å². The predicted molar refractivity (Wildman–Crippen MR) is 76.0 cm³/mol. The number of hydrogen-bond donors (Lipinski definition) is 1. The number of benzene rings is 1. The third kappa shape index (κ3) is 2.87. The quantitative estimate of drug-likeness (QED) is 0.842. The summed E-state index contributed by atoms with van der Waals surface area (Å²) >= 11 is 17.7. The summed E-state index contributed by atoms with van der Waals surface area (Å²) in [4.78, 5) is 14.6. The first-order valence-electron chi connectivity index (χ1n) is 5.41. The average Bonchev–Trinajstić information content (AvgIpc) is 2.39. The lowest BCUT2D eigenvalue weighted by atomic mass is 10.1. The van der Waals surface area contributed by atoms with Crippen LogP contribution in [0.25, 0.3) is 11.3 Å². The van der Waals surface area contributed by atoms with Crippen molar-refractivity contribution in [3.63, 3.8) is 0 Å². The predicted octanol–water partition coefficient (Wildman–Crippen LogP) is 4.48. The van der Waals surface area contributed by atoms with Crippen molar-refractivity contribution in [2.24, 2.45) is 0 Å². The maximum atomic E-state index is 14.3. The van der Waals surface area contributed by atoms with Crippen LogP contribution in [0.2, 0.25) is 15.1 Å². The van der Waals surface area contributed by atoms with Gasteiger partial charge in [0.2, 0.25) is 0 Å². The third-order valence-electron chi connectivity index (χ3n) is 2.60. The zero-order chi connectivity index (χ0) is 14.9. The van der Waals surface area contributed by atoms with E-state index in [9.17, 15) is 9.18 Å². The molecular weight excluding hydrogens is 328 g/mol. The van der Waals surface area contributed by atoms with Gasteiger partial charge in [0.05, 0.1) is 21.5 Å². The minimum atomic E-state index is -1.14. The topological polar surface area (TPSA) is 50.2 Å². The number of pyridine rings is 1. The lowest BCUT2D eigenvalue weighted by molar-refractivity contribution is -0.136. The van der Waals surface area contributed by atoms with Crippen molar-refractivity contribution in [1.82, 2.24) is 4.98 Å². The Hall–Kier alpha value is -1.36. The van der Waals surface area contributed by atoms with Gasteiger partial charge < -0.3 is 5.11 Å².